The monoisotopic (exact) mass is 214 g/mol. The Labute approximate surface area is 89.3 Å². The number of ether oxygens (including phenoxy) is 2. The second-order valence-corrected chi connectivity index (χ2v) is 4.30. The molecule has 1 saturated carbocycles. The van der Waals surface area contributed by atoms with Crippen molar-refractivity contribution in [3.05, 3.63) is 0 Å². The Hall–Kier alpha value is -0.650. The standard InChI is InChI=1S/C10H18N2O3/c1-12-9(8(11)13)2-4-10(5-3-9)14-6-7-15-10/h12H,2-7H2,1H3,(H2,11,13). The summed E-state index contributed by atoms with van der Waals surface area (Å²) in [5.41, 5.74) is 4.85. The molecule has 1 aliphatic heterocycles. The number of likely N-dealkylation sites (N-methyl/N-ethyl adjacent to an activating group) is 1. The molecule has 0 atom stereocenters. The Morgan fingerprint density at radius 3 is 2.13 bits per heavy atom. The van der Waals surface area contributed by atoms with Crippen molar-refractivity contribution in [3.63, 3.8) is 0 Å². The van der Waals surface area contributed by atoms with Crippen molar-refractivity contribution in [3.8, 4) is 0 Å². The number of carbonyl (C=O) groups excluding carboxylic acids is 1. The number of carbonyl (C=O) groups is 1. The lowest BCUT2D eigenvalue weighted by Crippen LogP contribution is -2.58. The van der Waals surface area contributed by atoms with Crippen molar-refractivity contribution in [1.29, 1.82) is 0 Å². The van der Waals surface area contributed by atoms with Gasteiger partial charge >= 0.3 is 0 Å². The average Bonchev–Trinajstić information content (AvgIpc) is 2.68. The van der Waals surface area contributed by atoms with E-state index in [0.717, 1.165) is 12.8 Å². The first-order valence-electron chi connectivity index (χ1n) is 5.39. The third-order valence-corrected chi connectivity index (χ3v) is 3.63. The van der Waals surface area contributed by atoms with E-state index in [1.807, 2.05) is 0 Å². The number of primary amides is 1. The largest absolute Gasteiger partial charge is 0.368 e. The normalized spacial score (nSPS) is 28.1. The van der Waals surface area contributed by atoms with Gasteiger partial charge < -0.3 is 20.5 Å². The highest BCUT2D eigenvalue weighted by molar-refractivity contribution is 5.84. The van der Waals surface area contributed by atoms with E-state index < -0.39 is 11.3 Å². The highest BCUT2D eigenvalue weighted by atomic mass is 16.7. The Morgan fingerprint density at radius 2 is 1.73 bits per heavy atom. The molecule has 1 saturated heterocycles. The van der Waals surface area contributed by atoms with Crippen LogP contribution in [0.25, 0.3) is 0 Å². The quantitative estimate of drug-likeness (QED) is 0.664. The lowest BCUT2D eigenvalue weighted by atomic mass is 9.78. The molecule has 0 aromatic heterocycles. The summed E-state index contributed by atoms with van der Waals surface area (Å²) in [6.45, 7) is 1.31. The molecule has 0 bridgehead atoms. The molecule has 2 fully saturated rings. The molecule has 5 heteroatoms. The van der Waals surface area contributed by atoms with Gasteiger partial charge in [0.25, 0.3) is 0 Å². The van der Waals surface area contributed by atoms with Crippen LogP contribution in [0.5, 0.6) is 0 Å². The summed E-state index contributed by atoms with van der Waals surface area (Å²) in [6.07, 6.45) is 2.82. The highest BCUT2D eigenvalue weighted by Gasteiger charge is 2.48. The second-order valence-electron chi connectivity index (χ2n) is 4.30. The summed E-state index contributed by atoms with van der Waals surface area (Å²) >= 11 is 0. The van der Waals surface area contributed by atoms with Gasteiger partial charge in [-0.2, -0.15) is 0 Å². The van der Waals surface area contributed by atoms with Gasteiger partial charge in [0.1, 0.15) is 0 Å². The molecule has 0 aromatic rings. The Morgan fingerprint density at radius 1 is 1.20 bits per heavy atom. The van der Waals surface area contributed by atoms with Crippen LogP contribution in [0.3, 0.4) is 0 Å². The maximum absolute atomic E-state index is 11.4. The van der Waals surface area contributed by atoms with Crippen molar-refractivity contribution in [2.24, 2.45) is 5.73 Å². The lowest BCUT2D eigenvalue weighted by molar-refractivity contribution is -0.186. The lowest BCUT2D eigenvalue weighted by Gasteiger charge is -2.41. The van der Waals surface area contributed by atoms with E-state index in [-0.39, 0.29) is 5.91 Å². The fourth-order valence-corrected chi connectivity index (χ4v) is 2.46. The van der Waals surface area contributed by atoms with Crippen LogP contribution in [0.2, 0.25) is 0 Å². The Kier molecular flexibility index (Phi) is 2.70. The van der Waals surface area contributed by atoms with Gasteiger partial charge in [0.2, 0.25) is 5.91 Å². The van der Waals surface area contributed by atoms with Crippen molar-refractivity contribution in [2.75, 3.05) is 20.3 Å². The molecule has 0 radical (unpaired) electrons. The van der Waals surface area contributed by atoms with Crippen molar-refractivity contribution < 1.29 is 14.3 Å². The van der Waals surface area contributed by atoms with Crippen LogP contribution in [0, 0.1) is 0 Å². The molecule has 3 N–H and O–H groups in total. The van der Waals surface area contributed by atoms with Gasteiger partial charge in [0.05, 0.1) is 18.8 Å². The minimum atomic E-state index is -0.569. The van der Waals surface area contributed by atoms with E-state index in [1.165, 1.54) is 0 Å². The van der Waals surface area contributed by atoms with Crippen LogP contribution in [0.1, 0.15) is 25.7 Å². The summed E-state index contributed by atoms with van der Waals surface area (Å²) in [5, 5.41) is 3.04. The number of hydrogen-bond donors (Lipinski definition) is 2. The third-order valence-electron chi connectivity index (χ3n) is 3.63. The number of nitrogens with one attached hydrogen (secondary N) is 1. The summed E-state index contributed by atoms with van der Waals surface area (Å²) in [7, 11) is 1.78. The first-order chi connectivity index (χ1) is 7.13. The minimum Gasteiger partial charge on any atom is -0.368 e. The van der Waals surface area contributed by atoms with Gasteiger partial charge in [-0.15, -0.1) is 0 Å². The van der Waals surface area contributed by atoms with Crippen LogP contribution in [-0.2, 0) is 14.3 Å². The summed E-state index contributed by atoms with van der Waals surface area (Å²) in [5.74, 6) is -0.714. The molecule has 15 heavy (non-hydrogen) atoms. The predicted octanol–water partition coefficient (Wildman–Crippen LogP) is -0.253. The van der Waals surface area contributed by atoms with E-state index in [2.05, 4.69) is 5.32 Å². The van der Waals surface area contributed by atoms with Crippen molar-refractivity contribution >= 4 is 5.91 Å². The zero-order valence-corrected chi connectivity index (χ0v) is 9.04. The second kappa shape index (κ2) is 3.73. The molecule has 1 spiro atoms. The SMILES string of the molecule is CNC1(C(N)=O)CCC2(CC1)OCCO2. The third kappa shape index (κ3) is 1.75. The van der Waals surface area contributed by atoms with Crippen molar-refractivity contribution in [1.82, 2.24) is 5.32 Å². The molecule has 86 valence electrons. The van der Waals surface area contributed by atoms with Crippen LogP contribution < -0.4 is 11.1 Å². The van der Waals surface area contributed by atoms with Crippen LogP contribution in [-0.4, -0.2) is 37.5 Å². The van der Waals surface area contributed by atoms with E-state index in [9.17, 15) is 4.79 Å². The molecule has 2 rings (SSSR count). The van der Waals surface area contributed by atoms with Gasteiger partial charge in [0.15, 0.2) is 5.79 Å². The smallest absolute Gasteiger partial charge is 0.237 e. The van der Waals surface area contributed by atoms with Crippen molar-refractivity contribution in [2.45, 2.75) is 37.0 Å². The topological polar surface area (TPSA) is 73.6 Å². The van der Waals surface area contributed by atoms with Gasteiger partial charge in [-0.1, -0.05) is 0 Å². The predicted molar refractivity (Wildman–Crippen MR) is 54.1 cm³/mol. The fraction of sp³-hybridized carbons (Fsp3) is 0.900. The Bertz CT molecular complexity index is 251. The molecule has 5 nitrogen and oxygen atoms in total. The van der Waals surface area contributed by atoms with E-state index in [4.69, 9.17) is 15.2 Å². The first-order valence-corrected chi connectivity index (χ1v) is 5.39. The summed E-state index contributed by atoms with van der Waals surface area (Å²) < 4.78 is 11.2. The van der Waals surface area contributed by atoms with Gasteiger partial charge in [-0.25, -0.2) is 0 Å². The van der Waals surface area contributed by atoms with Gasteiger partial charge in [-0.3, -0.25) is 4.79 Å². The molecular weight excluding hydrogens is 196 g/mol. The Balaban J connectivity index is 2.04. The molecule has 0 unspecified atom stereocenters. The van der Waals surface area contributed by atoms with Crippen LogP contribution >= 0.6 is 0 Å². The summed E-state index contributed by atoms with van der Waals surface area (Å²) in [6, 6.07) is 0. The number of amides is 1. The molecule has 1 amide bonds. The summed E-state index contributed by atoms with van der Waals surface area (Å²) in [4.78, 5) is 11.4. The number of hydrogen-bond acceptors (Lipinski definition) is 4. The van der Waals surface area contributed by atoms with E-state index in [1.54, 1.807) is 7.05 Å². The zero-order valence-electron chi connectivity index (χ0n) is 9.04. The fourth-order valence-electron chi connectivity index (χ4n) is 2.46. The molecular formula is C10H18N2O3. The minimum absolute atomic E-state index is 0.280. The van der Waals surface area contributed by atoms with Crippen LogP contribution in [0.15, 0.2) is 0 Å². The zero-order chi connectivity index (χ0) is 10.9. The molecule has 0 aromatic carbocycles. The molecule has 2 aliphatic rings. The highest BCUT2D eigenvalue weighted by Crippen LogP contribution is 2.39. The number of nitrogens with two attached hydrogens (primary N) is 1. The molecule has 1 aliphatic carbocycles. The van der Waals surface area contributed by atoms with Crippen LogP contribution in [0.4, 0.5) is 0 Å². The van der Waals surface area contributed by atoms with E-state index >= 15 is 0 Å². The maximum Gasteiger partial charge on any atom is 0.237 e. The van der Waals surface area contributed by atoms with Gasteiger partial charge in [-0.05, 0) is 19.9 Å². The number of rotatable bonds is 2. The van der Waals surface area contributed by atoms with E-state index in [0.29, 0.717) is 26.1 Å². The first kappa shape index (κ1) is 10.9. The molecule has 1 heterocycles. The average molecular weight is 214 g/mol. The maximum atomic E-state index is 11.4. The van der Waals surface area contributed by atoms with Gasteiger partial charge in [0, 0.05) is 12.8 Å².